The Balaban J connectivity index is 1.73. The molecule has 7 nitrogen and oxygen atoms in total. The van der Waals surface area contributed by atoms with Crippen LogP contribution in [-0.2, 0) is 12.8 Å². The van der Waals surface area contributed by atoms with Crippen molar-refractivity contribution in [3.05, 3.63) is 60.0 Å². The van der Waals surface area contributed by atoms with Crippen molar-refractivity contribution >= 4 is 28.3 Å². The zero-order chi connectivity index (χ0) is 17.6. The van der Waals surface area contributed by atoms with Gasteiger partial charge in [0.2, 0.25) is 5.71 Å². The molecule has 0 amide bonds. The van der Waals surface area contributed by atoms with E-state index in [0.29, 0.717) is 29.1 Å². The Kier molecular flexibility index (Phi) is 4.72. The molecule has 0 aliphatic carbocycles. The SMILES string of the molecule is N#C/C(=N\Nc1ccc2oc(CCc3ccccc3)nc2c1)C(=N)N. The first-order valence-corrected chi connectivity index (χ1v) is 7.67. The molecule has 0 aliphatic rings. The first-order chi connectivity index (χ1) is 12.2. The predicted octanol–water partition coefficient (Wildman–Crippen LogP) is 2.84. The minimum absolute atomic E-state index is 0.177. The highest BCUT2D eigenvalue weighted by molar-refractivity contribution is 6.45. The fourth-order valence-corrected chi connectivity index (χ4v) is 2.31. The number of nitrogens with zero attached hydrogens (tertiary/aromatic N) is 3. The summed E-state index contributed by atoms with van der Waals surface area (Å²) in [5.41, 5.74) is 11.0. The van der Waals surface area contributed by atoms with Crippen LogP contribution in [-0.4, -0.2) is 16.5 Å². The molecule has 7 heteroatoms. The molecule has 124 valence electrons. The number of aromatic nitrogens is 1. The van der Waals surface area contributed by atoms with E-state index in [2.05, 4.69) is 27.6 Å². The number of benzene rings is 2. The van der Waals surface area contributed by atoms with Gasteiger partial charge >= 0.3 is 0 Å². The maximum Gasteiger partial charge on any atom is 0.201 e. The smallest absolute Gasteiger partial charge is 0.201 e. The molecule has 0 spiro atoms. The fraction of sp³-hybridized carbons (Fsp3) is 0.111. The molecular formula is C18H16N6O. The largest absolute Gasteiger partial charge is 0.441 e. The van der Waals surface area contributed by atoms with Crippen LogP contribution < -0.4 is 11.2 Å². The summed E-state index contributed by atoms with van der Waals surface area (Å²) in [6, 6.07) is 17.2. The lowest BCUT2D eigenvalue weighted by Gasteiger charge is -2.00. The average molecular weight is 332 g/mol. The summed E-state index contributed by atoms with van der Waals surface area (Å²) in [6.45, 7) is 0. The van der Waals surface area contributed by atoms with Crippen LogP contribution in [0.4, 0.5) is 5.69 Å². The summed E-state index contributed by atoms with van der Waals surface area (Å²) in [4.78, 5) is 4.48. The van der Waals surface area contributed by atoms with Crippen molar-refractivity contribution in [2.24, 2.45) is 10.8 Å². The molecule has 2 aromatic carbocycles. The van der Waals surface area contributed by atoms with E-state index in [-0.39, 0.29) is 11.5 Å². The van der Waals surface area contributed by atoms with Crippen molar-refractivity contribution in [1.82, 2.24) is 4.98 Å². The third-order valence-corrected chi connectivity index (χ3v) is 3.56. The Bertz CT molecular complexity index is 968. The molecule has 0 atom stereocenters. The molecule has 0 saturated carbocycles. The predicted molar refractivity (Wildman–Crippen MR) is 96.4 cm³/mol. The number of hydrogen-bond acceptors (Lipinski definition) is 6. The van der Waals surface area contributed by atoms with Gasteiger partial charge in [0, 0.05) is 6.42 Å². The Labute approximate surface area is 144 Å². The maximum atomic E-state index is 8.83. The maximum absolute atomic E-state index is 8.83. The summed E-state index contributed by atoms with van der Waals surface area (Å²) < 4.78 is 5.75. The van der Waals surface area contributed by atoms with Gasteiger partial charge in [0.25, 0.3) is 0 Å². The van der Waals surface area contributed by atoms with Crippen molar-refractivity contribution in [3.8, 4) is 6.07 Å². The van der Waals surface area contributed by atoms with Crippen LogP contribution in [0.15, 0.2) is 58.0 Å². The van der Waals surface area contributed by atoms with Crippen LogP contribution in [0.1, 0.15) is 11.5 Å². The summed E-state index contributed by atoms with van der Waals surface area (Å²) in [5, 5.41) is 19.9. The molecule has 0 bridgehead atoms. The Morgan fingerprint density at radius 1 is 1.24 bits per heavy atom. The van der Waals surface area contributed by atoms with E-state index in [9.17, 15) is 0 Å². The number of oxazole rings is 1. The number of hydrazone groups is 1. The van der Waals surface area contributed by atoms with E-state index in [1.807, 2.05) is 18.2 Å². The van der Waals surface area contributed by atoms with Crippen molar-refractivity contribution in [2.45, 2.75) is 12.8 Å². The summed E-state index contributed by atoms with van der Waals surface area (Å²) in [7, 11) is 0. The van der Waals surface area contributed by atoms with Gasteiger partial charge < -0.3 is 10.2 Å². The summed E-state index contributed by atoms with van der Waals surface area (Å²) in [5.74, 6) is 0.279. The number of fused-ring (bicyclic) bond motifs is 1. The summed E-state index contributed by atoms with van der Waals surface area (Å²) >= 11 is 0. The van der Waals surface area contributed by atoms with Crippen LogP contribution in [0.2, 0.25) is 0 Å². The van der Waals surface area contributed by atoms with E-state index in [0.717, 1.165) is 6.42 Å². The molecule has 0 saturated heterocycles. The molecule has 3 rings (SSSR count). The van der Waals surface area contributed by atoms with Gasteiger partial charge in [0.1, 0.15) is 11.6 Å². The molecule has 1 aromatic heterocycles. The second-order valence-electron chi connectivity index (χ2n) is 5.37. The third-order valence-electron chi connectivity index (χ3n) is 3.56. The van der Waals surface area contributed by atoms with Gasteiger partial charge in [-0.05, 0) is 30.2 Å². The van der Waals surface area contributed by atoms with Crippen molar-refractivity contribution in [2.75, 3.05) is 5.43 Å². The van der Waals surface area contributed by atoms with E-state index in [1.54, 1.807) is 24.3 Å². The van der Waals surface area contributed by atoms with Crippen LogP contribution >= 0.6 is 0 Å². The van der Waals surface area contributed by atoms with Gasteiger partial charge in [-0.3, -0.25) is 10.8 Å². The zero-order valence-electron chi connectivity index (χ0n) is 13.4. The average Bonchev–Trinajstić information content (AvgIpc) is 3.03. The Morgan fingerprint density at radius 3 is 2.76 bits per heavy atom. The standard InChI is InChI=1S/C18H16N6O/c19-11-15(18(20)21)24-23-13-7-8-16-14(10-13)22-17(25-16)9-6-12-4-2-1-3-5-12/h1-5,7-8,10,23H,6,9H2,(H3,20,21)/b24-15+. The van der Waals surface area contributed by atoms with Crippen LogP contribution in [0.3, 0.4) is 0 Å². The number of nitrogens with one attached hydrogen (secondary N) is 2. The Morgan fingerprint density at radius 2 is 2.04 bits per heavy atom. The second kappa shape index (κ2) is 7.27. The molecule has 0 aliphatic heterocycles. The highest BCUT2D eigenvalue weighted by atomic mass is 16.3. The number of nitrogens with two attached hydrogens (primary N) is 1. The first kappa shape index (κ1) is 16.2. The van der Waals surface area contributed by atoms with E-state index in [4.69, 9.17) is 20.8 Å². The van der Waals surface area contributed by atoms with Crippen molar-refractivity contribution in [3.63, 3.8) is 0 Å². The molecule has 4 N–H and O–H groups in total. The highest BCUT2D eigenvalue weighted by Crippen LogP contribution is 2.21. The van der Waals surface area contributed by atoms with Crippen LogP contribution in [0.25, 0.3) is 11.1 Å². The first-order valence-electron chi connectivity index (χ1n) is 7.67. The van der Waals surface area contributed by atoms with E-state index >= 15 is 0 Å². The number of hydrogen-bond donors (Lipinski definition) is 3. The molecule has 25 heavy (non-hydrogen) atoms. The van der Waals surface area contributed by atoms with Crippen molar-refractivity contribution < 1.29 is 4.42 Å². The number of amidine groups is 1. The lowest BCUT2D eigenvalue weighted by Crippen LogP contribution is -2.21. The van der Waals surface area contributed by atoms with Gasteiger partial charge in [-0.1, -0.05) is 30.3 Å². The molecular weight excluding hydrogens is 316 g/mol. The monoisotopic (exact) mass is 332 g/mol. The molecule has 3 aromatic rings. The number of rotatable bonds is 6. The van der Waals surface area contributed by atoms with Gasteiger partial charge in [0.05, 0.1) is 5.69 Å². The van der Waals surface area contributed by atoms with E-state index < -0.39 is 0 Å². The van der Waals surface area contributed by atoms with E-state index in [1.165, 1.54) is 5.56 Å². The van der Waals surface area contributed by atoms with Gasteiger partial charge in [-0.25, -0.2) is 4.98 Å². The molecule has 0 radical (unpaired) electrons. The molecule has 0 unspecified atom stereocenters. The summed E-state index contributed by atoms with van der Waals surface area (Å²) in [6.07, 6.45) is 1.57. The number of nitriles is 1. The number of aryl methyl sites for hydroxylation is 2. The van der Waals surface area contributed by atoms with Gasteiger partial charge in [0.15, 0.2) is 17.3 Å². The second-order valence-corrected chi connectivity index (χ2v) is 5.37. The molecule has 0 fully saturated rings. The Hall–Kier alpha value is -3.66. The minimum atomic E-state index is -0.388. The molecule has 1 heterocycles. The zero-order valence-corrected chi connectivity index (χ0v) is 13.4. The van der Waals surface area contributed by atoms with Crippen molar-refractivity contribution in [1.29, 1.82) is 10.7 Å². The minimum Gasteiger partial charge on any atom is -0.441 e. The normalized spacial score (nSPS) is 11.2. The topological polar surface area (TPSA) is 124 Å². The van der Waals surface area contributed by atoms with Crippen LogP contribution in [0, 0.1) is 16.7 Å². The van der Waals surface area contributed by atoms with Gasteiger partial charge in [-0.15, -0.1) is 0 Å². The lowest BCUT2D eigenvalue weighted by molar-refractivity contribution is 0.528. The van der Waals surface area contributed by atoms with Crippen LogP contribution in [0.5, 0.6) is 0 Å². The third kappa shape index (κ3) is 4.00. The number of anilines is 1. The van der Waals surface area contributed by atoms with Gasteiger partial charge in [-0.2, -0.15) is 10.4 Å². The highest BCUT2D eigenvalue weighted by Gasteiger charge is 2.07. The fourth-order valence-electron chi connectivity index (χ4n) is 2.31. The quantitative estimate of drug-likeness (QED) is 0.364. The lowest BCUT2D eigenvalue weighted by atomic mass is 10.1.